The highest BCUT2D eigenvalue weighted by molar-refractivity contribution is 7.71. The van der Waals surface area contributed by atoms with Crippen LogP contribution < -0.4 is 5.56 Å². The lowest BCUT2D eigenvalue weighted by atomic mass is 9.98. The number of aromatic hydroxyl groups is 1. The molecule has 1 aliphatic heterocycles. The summed E-state index contributed by atoms with van der Waals surface area (Å²) >= 11 is 5.73. The maximum absolute atomic E-state index is 13.8. The summed E-state index contributed by atoms with van der Waals surface area (Å²) in [5.74, 6) is -0.223. The minimum atomic E-state index is -0.410. The fraction of sp³-hybridized carbons (Fsp3) is 0.214. The molecule has 0 bridgehead atoms. The van der Waals surface area contributed by atoms with Crippen molar-refractivity contribution in [2.45, 2.75) is 32.2 Å². The second-order valence-electron chi connectivity index (χ2n) is 8.77. The van der Waals surface area contributed by atoms with Crippen molar-refractivity contribution in [2.75, 3.05) is 6.54 Å². The molecule has 1 aliphatic rings. The van der Waals surface area contributed by atoms with E-state index < -0.39 is 5.56 Å². The minimum Gasteiger partial charge on any atom is -0.494 e. The second kappa shape index (κ2) is 10.3. The van der Waals surface area contributed by atoms with E-state index in [4.69, 9.17) is 17.3 Å². The quantitative estimate of drug-likeness (QED) is 0.295. The number of aromatic nitrogens is 3. The number of nitrogens with zero attached hydrogens (tertiary/aromatic N) is 5. The van der Waals surface area contributed by atoms with E-state index in [9.17, 15) is 9.90 Å². The van der Waals surface area contributed by atoms with Crippen molar-refractivity contribution >= 4 is 17.9 Å². The van der Waals surface area contributed by atoms with Gasteiger partial charge in [0.1, 0.15) is 5.56 Å². The molecule has 36 heavy (non-hydrogen) atoms. The van der Waals surface area contributed by atoms with Gasteiger partial charge in [-0.3, -0.25) is 23.9 Å². The van der Waals surface area contributed by atoms with Crippen LogP contribution in [0, 0.1) is 4.77 Å². The van der Waals surface area contributed by atoms with Gasteiger partial charge in [-0.1, -0.05) is 42.5 Å². The smallest absolute Gasteiger partial charge is 0.272 e. The van der Waals surface area contributed by atoms with Crippen LogP contribution in [0.5, 0.6) is 5.88 Å². The average molecular weight is 498 g/mol. The number of hydrogen-bond donors (Lipinski definition) is 1. The zero-order valence-corrected chi connectivity index (χ0v) is 20.8. The summed E-state index contributed by atoms with van der Waals surface area (Å²) in [5, 5.41) is 18.3. The zero-order valence-electron chi connectivity index (χ0n) is 20.0. The first-order chi connectivity index (χ1) is 17.6. The van der Waals surface area contributed by atoms with Gasteiger partial charge in [0.05, 0.1) is 23.1 Å². The Balaban J connectivity index is 1.70. The Bertz CT molecular complexity index is 1500. The number of pyridine rings is 1. The lowest BCUT2D eigenvalue weighted by Gasteiger charge is -2.34. The van der Waals surface area contributed by atoms with Gasteiger partial charge in [0.2, 0.25) is 5.88 Å². The summed E-state index contributed by atoms with van der Waals surface area (Å²) < 4.78 is 3.15. The molecule has 1 atom stereocenters. The van der Waals surface area contributed by atoms with E-state index in [1.807, 2.05) is 77.9 Å². The Morgan fingerprint density at radius 2 is 1.64 bits per heavy atom. The van der Waals surface area contributed by atoms with Crippen LogP contribution in [0.15, 0.2) is 95.1 Å². The van der Waals surface area contributed by atoms with Crippen LogP contribution in [0.4, 0.5) is 0 Å². The molecule has 1 saturated heterocycles. The van der Waals surface area contributed by atoms with E-state index in [1.54, 1.807) is 13.1 Å². The number of benzene rings is 2. The molecule has 182 valence electrons. The molecular formula is C28H27N5O2S. The minimum absolute atomic E-state index is 0.0559. The highest BCUT2D eigenvalue weighted by Crippen LogP contribution is 2.31. The average Bonchev–Trinajstić information content (AvgIpc) is 2.91. The van der Waals surface area contributed by atoms with Gasteiger partial charge in [0, 0.05) is 18.9 Å². The van der Waals surface area contributed by atoms with Gasteiger partial charge >= 0.3 is 0 Å². The van der Waals surface area contributed by atoms with Crippen molar-refractivity contribution in [3.63, 3.8) is 0 Å². The van der Waals surface area contributed by atoms with Crippen LogP contribution in [-0.2, 0) is 0 Å². The van der Waals surface area contributed by atoms with E-state index in [1.165, 1.54) is 9.13 Å². The van der Waals surface area contributed by atoms with Gasteiger partial charge < -0.3 is 5.11 Å². The van der Waals surface area contributed by atoms with E-state index in [-0.39, 0.29) is 22.3 Å². The first kappa shape index (κ1) is 23.7. The molecule has 0 spiro atoms. The van der Waals surface area contributed by atoms with Crippen molar-refractivity contribution in [2.24, 2.45) is 5.10 Å². The third-order valence-electron chi connectivity index (χ3n) is 6.45. The molecular weight excluding hydrogens is 470 g/mol. The van der Waals surface area contributed by atoms with Crippen LogP contribution >= 0.6 is 12.2 Å². The molecule has 0 amide bonds. The highest BCUT2D eigenvalue weighted by atomic mass is 32.1. The number of rotatable bonds is 5. The van der Waals surface area contributed by atoms with Gasteiger partial charge in [-0.05, 0) is 74.3 Å². The monoisotopic (exact) mass is 497 g/mol. The number of piperidine rings is 1. The zero-order chi connectivity index (χ0) is 25.1. The summed E-state index contributed by atoms with van der Waals surface area (Å²) in [6, 6.07) is 22.6. The molecule has 0 unspecified atom stereocenters. The molecule has 2 aromatic carbocycles. The molecule has 2 aromatic heterocycles. The molecule has 1 fully saturated rings. The van der Waals surface area contributed by atoms with Crippen LogP contribution in [0.2, 0.25) is 0 Å². The second-order valence-corrected chi connectivity index (χ2v) is 9.14. The molecule has 4 aromatic rings. The standard InChI is InChI=1S/C28H27N5O2S/c1-20(30-31-18-9-8-16-24(31)21-11-10-17-29-19-21)25-26(34)32(22-12-4-2-5-13-22)28(36)33(27(25)35)23-14-6-3-7-15-23/h2-7,10-15,17,19,24,34H,8-9,16,18H2,1H3/t24-/m0/s1. The Hall–Kier alpha value is -4.04. The van der Waals surface area contributed by atoms with Crippen LogP contribution in [0.1, 0.15) is 43.4 Å². The largest absolute Gasteiger partial charge is 0.494 e. The molecule has 0 aliphatic carbocycles. The fourth-order valence-electron chi connectivity index (χ4n) is 4.72. The van der Waals surface area contributed by atoms with Gasteiger partial charge in [-0.25, -0.2) is 0 Å². The third-order valence-corrected chi connectivity index (χ3v) is 6.81. The summed E-state index contributed by atoms with van der Waals surface area (Å²) in [6.45, 7) is 2.52. The van der Waals surface area contributed by atoms with E-state index >= 15 is 0 Å². The van der Waals surface area contributed by atoms with Crippen molar-refractivity contribution < 1.29 is 5.11 Å². The van der Waals surface area contributed by atoms with Crippen molar-refractivity contribution in [1.29, 1.82) is 0 Å². The van der Waals surface area contributed by atoms with Crippen LogP contribution in [0.3, 0.4) is 0 Å². The van der Waals surface area contributed by atoms with Gasteiger partial charge in [0.15, 0.2) is 4.77 Å². The summed E-state index contributed by atoms with van der Waals surface area (Å²) in [6.07, 6.45) is 6.66. The molecule has 1 N–H and O–H groups in total. The molecule has 0 radical (unpaired) electrons. The summed E-state index contributed by atoms with van der Waals surface area (Å²) in [5.41, 5.74) is 2.50. The lowest BCUT2D eigenvalue weighted by Crippen LogP contribution is -2.33. The molecule has 7 nitrogen and oxygen atoms in total. The maximum Gasteiger partial charge on any atom is 0.272 e. The van der Waals surface area contributed by atoms with Crippen LogP contribution in [0.25, 0.3) is 11.4 Å². The van der Waals surface area contributed by atoms with E-state index in [0.717, 1.165) is 31.4 Å². The highest BCUT2D eigenvalue weighted by Gasteiger charge is 2.26. The topological polar surface area (TPSA) is 75.7 Å². The van der Waals surface area contributed by atoms with Gasteiger partial charge in [0.25, 0.3) is 5.56 Å². The van der Waals surface area contributed by atoms with E-state index in [0.29, 0.717) is 17.1 Å². The first-order valence-corrected chi connectivity index (χ1v) is 12.4. The molecule has 0 saturated carbocycles. The van der Waals surface area contributed by atoms with Crippen molar-refractivity contribution in [3.8, 4) is 17.3 Å². The Kier molecular flexibility index (Phi) is 6.77. The summed E-state index contributed by atoms with van der Waals surface area (Å²) in [4.78, 5) is 18.1. The predicted molar refractivity (Wildman–Crippen MR) is 144 cm³/mol. The SMILES string of the molecule is CC(=NN1CCCC[C@H]1c1cccnc1)c1c(O)n(-c2ccccc2)c(=S)n(-c2ccccc2)c1=O. The van der Waals surface area contributed by atoms with Crippen molar-refractivity contribution in [1.82, 2.24) is 19.1 Å². The Morgan fingerprint density at radius 3 is 2.28 bits per heavy atom. The van der Waals surface area contributed by atoms with Crippen LogP contribution in [-0.4, -0.2) is 36.5 Å². The molecule has 5 rings (SSSR count). The van der Waals surface area contributed by atoms with E-state index in [2.05, 4.69) is 11.1 Å². The van der Waals surface area contributed by atoms with Gasteiger partial charge in [-0.15, -0.1) is 0 Å². The lowest BCUT2D eigenvalue weighted by molar-refractivity contribution is 0.155. The fourth-order valence-corrected chi connectivity index (χ4v) is 5.10. The number of para-hydroxylation sites is 2. The first-order valence-electron chi connectivity index (χ1n) is 12.0. The number of hydrazone groups is 1. The summed E-state index contributed by atoms with van der Waals surface area (Å²) in [7, 11) is 0. The van der Waals surface area contributed by atoms with Gasteiger partial charge in [-0.2, -0.15) is 5.10 Å². The van der Waals surface area contributed by atoms with Crippen molar-refractivity contribution in [3.05, 3.63) is 111 Å². The molecule has 8 heteroatoms. The predicted octanol–water partition coefficient (Wildman–Crippen LogP) is 5.41. The Labute approximate surface area is 214 Å². The third kappa shape index (κ3) is 4.47. The Morgan fingerprint density at radius 1 is 0.972 bits per heavy atom. The number of hydrogen-bond acceptors (Lipinski definition) is 6. The molecule has 3 heterocycles. The normalized spacial score (nSPS) is 16.2. The maximum atomic E-state index is 13.8.